The van der Waals surface area contributed by atoms with Crippen molar-refractivity contribution in [1.82, 2.24) is 14.5 Å². The molecule has 0 radical (unpaired) electrons. The number of para-hydroxylation sites is 2. The van der Waals surface area contributed by atoms with E-state index in [0.29, 0.717) is 22.8 Å². The second-order valence-corrected chi connectivity index (χ2v) is 7.48. The molecule has 0 saturated carbocycles. The van der Waals surface area contributed by atoms with Gasteiger partial charge in [0.25, 0.3) is 5.76 Å². The van der Waals surface area contributed by atoms with Gasteiger partial charge >= 0.3 is 0 Å². The molecule has 0 fully saturated rings. The fourth-order valence-electron chi connectivity index (χ4n) is 2.56. The number of rotatable bonds is 6. The van der Waals surface area contributed by atoms with Crippen LogP contribution < -0.4 is 0 Å². The lowest BCUT2D eigenvalue weighted by Crippen LogP contribution is -2.32. The van der Waals surface area contributed by atoms with Gasteiger partial charge in [-0.25, -0.2) is 4.98 Å². The van der Waals surface area contributed by atoms with Gasteiger partial charge in [0.2, 0.25) is 5.91 Å². The molecule has 1 amide bonds. The Morgan fingerprint density at radius 1 is 1.32 bits per heavy atom. The number of benzene rings is 1. The molecule has 2 heterocycles. The third-order valence-corrected chi connectivity index (χ3v) is 5.78. The molecule has 0 N–H and O–H groups in total. The van der Waals surface area contributed by atoms with Gasteiger partial charge in [-0.2, -0.15) is 8.78 Å². The van der Waals surface area contributed by atoms with Crippen LogP contribution in [-0.2, 0) is 11.3 Å². The van der Waals surface area contributed by atoms with Crippen molar-refractivity contribution in [3.8, 4) is 0 Å². The summed E-state index contributed by atoms with van der Waals surface area (Å²) in [5.41, 5.74) is 1.28. The lowest BCUT2D eigenvalue weighted by molar-refractivity contribution is -0.132. The zero-order valence-corrected chi connectivity index (χ0v) is 15.4. The second kappa shape index (κ2) is 7.53. The normalized spacial score (nSPS) is 12.7. The Labute approximate surface area is 152 Å². The summed E-state index contributed by atoms with van der Waals surface area (Å²) in [5, 5.41) is 2.12. The number of nitrogens with zero attached hydrogens (tertiary/aromatic N) is 3. The minimum atomic E-state index is -2.59. The fraction of sp³-hybridized carbons (Fsp3) is 0.294. The monoisotopic (exact) mass is 381 g/mol. The van der Waals surface area contributed by atoms with Crippen LogP contribution in [0.3, 0.4) is 0 Å². The molecule has 1 unspecified atom stereocenters. The number of thioether (sulfide) groups is 1. The number of likely N-dealkylation sites (N-methyl/N-ethyl adjacent to an activating group) is 1. The number of carbonyl (C=O) groups excluding carboxylic acids is 1. The van der Waals surface area contributed by atoms with Crippen LogP contribution in [0.2, 0.25) is 0 Å². The third kappa shape index (κ3) is 3.85. The molecular formula is C17H17F2N3OS2. The number of fused-ring (bicyclic) bond motifs is 1. The van der Waals surface area contributed by atoms with Crippen molar-refractivity contribution in [1.29, 1.82) is 0 Å². The molecule has 0 bridgehead atoms. The highest BCUT2D eigenvalue weighted by Crippen LogP contribution is 2.29. The molecule has 4 nitrogen and oxygen atoms in total. The van der Waals surface area contributed by atoms with E-state index in [0.717, 1.165) is 4.88 Å². The lowest BCUT2D eigenvalue weighted by atomic mass is 10.2. The van der Waals surface area contributed by atoms with E-state index in [1.807, 2.05) is 24.4 Å². The predicted molar refractivity (Wildman–Crippen MR) is 97.1 cm³/mol. The highest BCUT2D eigenvalue weighted by atomic mass is 32.2. The maximum Gasteiger partial charge on any atom is 0.291 e. The second-order valence-electron chi connectivity index (χ2n) is 5.54. The molecule has 3 aromatic rings. The third-order valence-electron chi connectivity index (χ3n) is 4.04. The van der Waals surface area contributed by atoms with Crippen LogP contribution >= 0.6 is 23.1 Å². The van der Waals surface area contributed by atoms with E-state index in [1.165, 1.54) is 0 Å². The Balaban J connectivity index is 1.87. The van der Waals surface area contributed by atoms with E-state index >= 15 is 0 Å². The van der Waals surface area contributed by atoms with E-state index in [4.69, 9.17) is 0 Å². The quantitative estimate of drug-likeness (QED) is 0.584. The van der Waals surface area contributed by atoms with E-state index in [1.54, 1.807) is 52.1 Å². The highest BCUT2D eigenvalue weighted by molar-refractivity contribution is 7.99. The summed E-state index contributed by atoms with van der Waals surface area (Å²) in [5.74, 6) is -2.74. The van der Waals surface area contributed by atoms with Crippen molar-refractivity contribution in [3.63, 3.8) is 0 Å². The molecule has 25 heavy (non-hydrogen) atoms. The van der Waals surface area contributed by atoms with Gasteiger partial charge in [0.15, 0.2) is 5.16 Å². The first-order valence-electron chi connectivity index (χ1n) is 7.66. The molecule has 1 aromatic carbocycles. The summed E-state index contributed by atoms with van der Waals surface area (Å²) < 4.78 is 27.3. The molecule has 0 saturated heterocycles. The average Bonchev–Trinajstić information content (AvgIpc) is 3.22. The van der Waals surface area contributed by atoms with Crippen LogP contribution in [0.15, 0.2) is 46.9 Å². The molecule has 8 heteroatoms. The summed E-state index contributed by atoms with van der Waals surface area (Å²) in [6, 6.07) is 11.0. The Kier molecular flexibility index (Phi) is 5.39. The molecule has 1 atom stereocenters. The number of hydrogen-bond donors (Lipinski definition) is 0. The minimum absolute atomic E-state index is 0.0260. The zero-order chi connectivity index (χ0) is 18.0. The molecule has 3 rings (SSSR count). The average molecular weight is 381 g/mol. The molecular weight excluding hydrogens is 364 g/mol. The number of halogens is 2. The number of thiophene rings is 1. The van der Waals surface area contributed by atoms with Crippen molar-refractivity contribution in [2.45, 2.75) is 30.4 Å². The fourth-order valence-corrected chi connectivity index (χ4v) is 3.99. The summed E-state index contributed by atoms with van der Waals surface area (Å²) in [7, 11) is 1.73. The van der Waals surface area contributed by atoms with Gasteiger partial charge in [0.05, 0.1) is 17.1 Å². The zero-order valence-electron chi connectivity index (χ0n) is 13.7. The van der Waals surface area contributed by atoms with E-state index in [9.17, 15) is 13.6 Å². The number of carbonyl (C=O) groups is 1. The van der Waals surface area contributed by atoms with Crippen molar-refractivity contribution < 1.29 is 13.6 Å². The minimum Gasteiger partial charge on any atom is -0.337 e. The maximum atomic E-state index is 12.9. The molecule has 0 aliphatic heterocycles. The number of amides is 1. The summed E-state index contributed by atoms with van der Waals surface area (Å²) in [6.45, 7) is 1.92. The molecule has 2 aromatic heterocycles. The number of alkyl halides is 2. The van der Waals surface area contributed by atoms with Crippen LogP contribution in [0.4, 0.5) is 8.78 Å². The van der Waals surface area contributed by atoms with Gasteiger partial charge in [-0.3, -0.25) is 4.79 Å². The van der Waals surface area contributed by atoms with Crippen LogP contribution in [-0.4, -0.2) is 33.2 Å². The molecule has 132 valence electrons. The Morgan fingerprint density at radius 3 is 2.76 bits per heavy atom. The lowest BCUT2D eigenvalue weighted by Gasteiger charge is -2.24. The maximum absolute atomic E-state index is 12.9. The van der Waals surface area contributed by atoms with Crippen LogP contribution in [0.25, 0.3) is 11.0 Å². The van der Waals surface area contributed by atoms with Gasteiger partial charge in [0, 0.05) is 11.9 Å². The number of imidazole rings is 1. The van der Waals surface area contributed by atoms with Crippen LogP contribution in [0.5, 0.6) is 0 Å². The van der Waals surface area contributed by atoms with E-state index in [2.05, 4.69) is 4.98 Å². The van der Waals surface area contributed by atoms with E-state index in [-0.39, 0.29) is 23.7 Å². The van der Waals surface area contributed by atoms with Gasteiger partial charge in [-0.05, 0) is 42.3 Å². The van der Waals surface area contributed by atoms with Gasteiger partial charge in [-0.1, -0.05) is 18.2 Å². The largest absolute Gasteiger partial charge is 0.337 e. The first-order chi connectivity index (χ1) is 12.0. The smallest absolute Gasteiger partial charge is 0.291 e. The van der Waals surface area contributed by atoms with Crippen molar-refractivity contribution >= 4 is 40.0 Å². The van der Waals surface area contributed by atoms with Crippen molar-refractivity contribution in [3.05, 3.63) is 46.7 Å². The first-order valence-corrected chi connectivity index (χ1v) is 9.42. The number of aromatic nitrogens is 2. The Hall–Kier alpha value is -1.93. The van der Waals surface area contributed by atoms with Crippen molar-refractivity contribution in [2.75, 3.05) is 7.05 Å². The first kappa shape index (κ1) is 17.9. The standard InChI is InChI=1S/C17H17F2N3OS2/c1-11(14-8-5-9-24-14)21(2)15(23)10-22-13-7-4-3-6-12(13)20-17(22)25-16(18)19/h3-9,11,16H,10H2,1-2H3. The van der Waals surface area contributed by atoms with Gasteiger partial charge in [0.1, 0.15) is 6.54 Å². The molecule has 0 aliphatic rings. The molecule has 0 spiro atoms. The Bertz CT molecular complexity index is 864. The molecule has 0 aliphatic carbocycles. The Morgan fingerprint density at radius 2 is 2.08 bits per heavy atom. The predicted octanol–water partition coefficient (Wildman–Crippen LogP) is 4.63. The summed E-state index contributed by atoms with van der Waals surface area (Å²) in [4.78, 5) is 19.7. The van der Waals surface area contributed by atoms with Crippen LogP contribution in [0, 0.1) is 0 Å². The van der Waals surface area contributed by atoms with E-state index < -0.39 is 5.76 Å². The highest BCUT2D eigenvalue weighted by Gasteiger charge is 2.22. The van der Waals surface area contributed by atoms with Gasteiger partial charge < -0.3 is 9.47 Å². The SMILES string of the molecule is CC(c1cccs1)N(C)C(=O)Cn1c(SC(F)F)nc2ccccc21. The van der Waals surface area contributed by atoms with Crippen molar-refractivity contribution in [2.24, 2.45) is 0 Å². The summed E-state index contributed by atoms with van der Waals surface area (Å²) >= 11 is 1.94. The summed E-state index contributed by atoms with van der Waals surface area (Å²) in [6.07, 6.45) is 0. The van der Waals surface area contributed by atoms with Crippen LogP contribution in [0.1, 0.15) is 17.8 Å². The number of hydrogen-bond acceptors (Lipinski definition) is 4. The topological polar surface area (TPSA) is 38.1 Å². The van der Waals surface area contributed by atoms with Gasteiger partial charge in [-0.15, -0.1) is 11.3 Å².